The second-order valence-electron chi connectivity index (χ2n) is 9.31. The Labute approximate surface area is 182 Å². The van der Waals surface area contributed by atoms with Gasteiger partial charge in [-0.15, -0.1) is 0 Å². The average molecular weight is 417 g/mol. The predicted octanol–water partition coefficient (Wildman–Crippen LogP) is 2.29. The van der Waals surface area contributed by atoms with Crippen LogP contribution in [0.1, 0.15) is 37.3 Å². The van der Waals surface area contributed by atoms with E-state index in [0.29, 0.717) is 18.1 Å². The van der Waals surface area contributed by atoms with E-state index in [1.165, 1.54) is 50.9 Å². The molecule has 3 heterocycles. The van der Waals surface area contributed by atoms with Gasteiger partial charge in [-0.05, 0) is 50.3 Å². The van der Waals surface area contributed by atoms with Crippen LogP contribution in [-0.2, 0) is 9.47 Å². The molecule has 4 rings (SSSR count). The van der Waals surface area contributed by atoms with Crippen molar-refractivity contribution in [3.8, 4) is 0 Å². The van der Waals surface area contributed by atoms with E-state index in [4.69, 9.17) is 9.47 Å². The zero-order valence-corrected chi connectivity index (χ0v) is 18.6. The number of nitrogens with one attached hydrogen (secondary N) is 2. The molecule has 0 radical (unpaired) electrons. The zero-order valence-electron chi connectivity index (χ0n) is 18.6. The Hall–Kier alpha value is -1.02. The average Bonchev–Trinajstić information content (AvgIpc) is 3.46. The van der Waals surface area contributed by atoms with Gasteiger partial charge in [0.25, 0.3) is 0 Å². The van der Waals surface area contributed by atoms with Crippen LogP contribution in [0.4, 0.5) is 0 Å². The molecular formula is C24H40N4O2. The third-order valence-electron chi connectivity index (χ3n) is 7.07. The Morgan fingerprint density at radius 3 is 2.67 bits per heavy atom. The van der Waals surface area contributed by atoms with Crippen LogP contribution < -0.4 is 10.9 Å². The summed E-state index contributed by atoms with van der Waals surface area (Å²) in [4.78, 5) is 5.28. The molecule has 0 aromatic heterocycles. The van der Waals surface area contributed by atoms with Gasteiger partial charge in [0.2, 0.25) is 0 Å². The minimum Gasteiger partial charge on any atom is -0.383 e. The number of hydrazine groups is 1. The molecule has 3 atom stereocenters. The Bertz CT molecular complexity index is 602. The Morgan fingerprint density at radius 2 is 1.93 bits per heavy atom. The molecule has 1 aromatic rings. The minimum absolute atomic E-state index is 0.383. The van der Waals surface area contributed by atoms with E-state index in [9.17, 15) is 0 Å². The Morgan fingerprint density at radius 1 is 1.10 bits per heavy atom. The van der Waals surface area contributed by atoms with Gasteiger partial charge in [0.05, 0.1) is 18.8 Å². The second-order valence-corrected chi connectivity index (χ2v) is 9.31. The van der Waals surface area contributed by atoms with Crippen molar-refractivity contribution in [2.24, 2.45) is 11.8 Å². The lowest BCUT2D eigenvalue weighted by Crippen LogP contribution is -2.44. The van der Waals surface area contributed by atoms with E-state index in [-0.39, 0.29) is 0 Å². The Kier molecular flexibility index (Phi) is 8.55. The number of nitrogens with zero attached hydrogens (tertiary/aromatic N) is 2. The fourth-order valence-electron chi connectivity index (χ4n) is 5.33. The highest BCUT2D eigenvalue weighted by molar-refractivity contribution is 5.20. The fourth-order valence-corrected chi connectivity index (χ4v) is 5.33. The molecule has 30 heavy (non-hydrogen) atoms. The molecule has 3 aliphatic rings. The van der Waals surface area contributed by atoms with Crippen molar-refractivity contribution in [2.75, 3.05) is 66.1 Å². The molecule has 3 aliphatic heterocycles. The van der Waals surface area contributed by atoms with Crippen molar-refractivity contribution < 1.29 is 9.47 Å². The van der Waals surface area contributed by atoms with Crippen LogP contribution in [0.25, 0.3) is 0 Å². The monoisotopic (exact) mass is 416 g/mol. The van der Waals surface area contributed by atoms with Crippen LogP contribution in [0.15, 0.2) is 30.3 Å². The maximum absolute atomic E-state index is 6.01. The quantitative estimate of drug-likeness (QED) is 0.610. The van der Waals surface area contributed by atoms with Crippen LogP contribution in [0.3, 0.4) is 0 Å². The lowest BCUT2D eigenvalue weighted by atomic mass is 9.92. The molecule has 0 saturated carbocycles. The normalized spacial score (nSPS) is 28.5. The summed E-state index contributed by atoms with van der Waals surface area (Å²) in [5.41, 5.74) is 8.33. The molecule has 6 heteroatoms. The maximum Gasteiger partial charge on any atom is 0.0702 e. The van der Waals surface area contributed by atoms with Gasteiger partial charge in [0, 0.05) is 52.4 Å². The summed E-state index contributed by atoms with van der Waals surface area (Å²) in [5, 5.41) is 0. The number of methoxy groups -OCH3 is 1. The molecule has 2 N–H and O–H groups in total. The van der Waals surface area contributed by atoms with Gasteiger partial charge >= 0.3 is 0 Å². The van der Waals surface area contributed by atoms with Crippen molar-refractivity contribution in [3.05, 3.63) is 35.9 Å². The standard InChI is InChI=1S/C24H40N4O2/c1-29-15-13-27-11-9-20(10-12-27)17-28(19-23-8-5-14-30-23)18-22-16-25-26-24(22)21-6-3-2-4-7-21/h2-4,6-7,20,22-26H,5,8-19H2,1H3. The first-order valence-electron chi connectivity index (χ1n) is 11.9. The molecule has 3 unspecified atom stereocenters. The lowest BCUT2D eigenvalue weighted by molar-refractivity contribution is 0.0517. The molecule has 168 valence electrons. The SMILES string of the molecule is COCCN1CCC(CN(CC2CCCO2)CC2CNNC2c2ccccc2)CC1. The molecular weight excluding hydrogens is 376 g/mol. The summed E-state index contributed by atoms with van der Waals surface area (Å²) < 4.78 is 11.3. The van der Waals surface area contributed by atoms with Crippen LogP contribution in [-0.4, -0.2) is 82.0 Å². The molecule has 0 amide bonds. The molecule has 6 nitrogen and oxygen atoms in total. The summed E-state index contributed by atoms with van der Waals surface area (Å²) in [6.07, 6.45) is 5.46. The first-order valence-corrected chi connectivity index (χ1v) is 11.9. The number of ether oxygens (including phenoxy) is 2. The summed E-state index contributed by atoms with van der Waals surface area (Å²) in [5.74, 6) is 1.37. The molecule has 3 saturated heterocycles. The summed E-state index contributed by atoms with van der Waals surface area (Å²) >= 11 is 0. The fraction of sp³-hybridized carbons (Fsp3) is 0.750. The van der Waals surface area contributed by atoms with Crippen molar-refractivity contribution >= 4 is 0 Å². The van der Waals surface area contributed by atoms with E-state index in [1.54, 1.807) is 7.11 Å². The topological polar surface area (TPSA) is 49.0 Å². The second kappa shape index (κ2) is 11.6. The van der Waals surface area contributed by atoms with Crippen LogP contribution in [0, 0.1) is 11.8 Å². The van der Waals surface area contributed by atoms with Gasteiger partial charge in [-0.2, -0.15) is 0 Å². The largest absolute Gasteiger partial charge is 0.383 e. The number of rotatable bonds is 10. The highest BCUT2D eigenvalue weighted by Gasteiger charge is 2.32. The van der Waals surface area contributed by atoms with Gasteiger partial charge in [-0.3, -0.25) is 5.43 Å². The van der Waals surface area contributed by atoms with Crippen LogP contribution in [0.5, 0.6) is 0 Å². The number of hydrogen-bond acceptors (Lipinski definition) is 6. The van der Waals surface area contributed by atoms with E-state index in [1.807, 2.05) is 0 Å². The van der Waals surface area contributed by atoms with E-state index < -0.39 is 0 Å². The molecule has 1 aromatic carbocycles. The van der Waals surface area contributed by atoms with E-state index in [0.717, 1.165) is 45.3 Å². The van der Waals surface area contributed by atoms with Gasteiger partial charge in [-0.25, -0.2) is 5.43 Å². The smallest absolute Gasteiger partial charge is 0.0702 e. The van der Waals surface area contributed by atoms with Crippen LogP contribution in [0.2, 0.25) is 0 Å². The molecule has 0 spiro atoms. The van der Waals surface area contributed by atoms with Crippen molar-refractivity contribution in [1.82, 2.24) is 20.7 Å². The van der Waals surface area contributed by atoms with Crippen molar-refractivity contribution in [2.45, 2.75) is 37.8 Å². The number of benzene rings is 1. The maximum atomic E-state index is 6.01. The minimum atomic E-state index is 0.383. The van der Waals surface area contributed by atoms with Gasteiger partial charge in [0.1, 0.15) is 0 Å². The Balaban J connectivity index is 1.34. The number of likely N-dealkylation sites (tertiary alicyclic amines) is 1. The van der Waals surface area contributed by atoms with Crippen LogP contribution >= 0.6 is 0 Å². The molecule has 3 fully saturated rings. The third kappa shape index (κ3) is 6.25. The summed E-state index contributed by atoms with van der Waals surface area (Å²) in [6.45, 7) is 9.72. The predicted molar refractivity (Wildman–Crippen MR) is 120 cm³/mol. The number of hydrogen-bond donors (Lipinski definition) is 2. The molecule has 0 bridgehead atoms. The first kappa shape index (κ1) is 22.2. The van der Waals surface area contributed by atoms with Crippen molar-refractivity contribution in [3.63, 3.8) is 0 Å². The van der Waals surface area contributed by atoms with Gasteiger partial charge in [0.15, 0.2) is 0 Å². The van der Waals surface area contributed by atoms with E-state index >= 15 is 0 Å². The number of piperidine rings is 1. The zero-order chi connectivity index (χ0) is 20.6. The van der Waals surface area contributed by atoms with E-state index in [2.05, 4.69) is 51.0 Å². The lowest BCUT2D eigenvalue weighted by Gasteiger charge is -2.36. The highest BCUT2D eigenvalue weighted by atomic mass is 16.5. The highest BCUT2D eigenvalue weighted by Crippen LogP contribution is 2.27. The molecule has 0 aliphatic carbocycles. The van der Waals surface area contributed by atoms with Gasteiger partial charge < -0.3 is 19.3 Å². The summed E-state index contributed by atoms with van der Waals surface area (Å²) in [7, 11) is 1.80. The first-order chi connectivity index (χ1) is 14.8. The third-order valence-corrected chi connectivity index (χ3v) is 7.07. The van der Waals surface area contributed by atoms with Gasteiger partial charge in [-0.1, -0.05) is 30.3 Å². The summed E-state index contributed by atoms with van der Waals surface area (Å²) in [6, 6.07) is 11.3. The van der Waals surface area contributed by atoms with Crippen molar-refractivity contribution in [1.29, 1.82) is 0 Å².